The summed E-state index contributed by atoms with van der Waals surface area (Å²) in [5, 5.41) is 5.83. The number of nitrogens with one attached hydrogen (secondary N) is 2. The topological polar surface area (TPSA) is 67.2 Å². The van der Waals surface area contributed by atoms with Gasteiger partial charge in [-0.1, -0.05) is 12.1 Å². The van der Waals surface area contributed by atoms with Gasteiger partial charge in [0, 0.05) is 12.7 Å². The Hall–Kier alpha value is -2.30. The first-order chi connectivity index (χ1) is 9.11. The second-order valence-electron chi connectivity index (χ2n) is 4.29. The Morgan fingerprint density at radius 1 is 1.37 bits per heavy atom. The van der Waals surface area contributed by atoms with E-state index in [1.807, 2.05) is 32.0 Å². The molecule has 0 aliphatic carbocycles. The van der Waals surface area contributed by atoms with Crippen LogP contribution < -0.4 is 10.6 Å². The highest BCUT2D eigenvalue weighted by Gasteiger charge is 2.13. The van der Waals surface area contributed by atoms with Crippen LogP contribution in [-0.4, -0.2) is 17.9 Å². The first-order valence-electron chi connectivity index (χ1n) is 6.08. The van der Waals surface area contributed by atoms with Gasteiger partial charge in [0.15, 0.2) is 0 Å². The summed E-state index contributed by atoms with van der Waals surface area (Å²) < 4.78 is 5.39. The first kappa shape index (κ1) is 13.1. The number of carbonyl (C=O) groups is 1. The van der Waals surface area contributed by atoms with E-state index in [2.05, 4.69) is 15.6 Å². The van der Waals surface area contributed by atoms with E-state index in [0.717, 1.165) is 17.0 Å². The number of oxazole rings is 1. The van der Waals surface area contributed by atoms with Crippen LogP contribution in [0.3, 0.4) is 0 Å². The Morgan fingerprint density at radius 3 is 2.79 bits per heavy atom. The van der Waals surface area contributed by atoms with Gasteiger partial charge in [-0.3, -0.25) is 4.79 Å². The van der Waals surface area contributed by atoms with Crippen LogP contribution >= 0.6 is 0 Å². The molecule has 2 aromatic rings. The Balaban J connectivity index is 2.20. The lowest BCUT2D eigenvalue weighted by Gasteiger charge is -2.12. The maximum absolute atomic E-state index is 11.9. The van der Waals surface area contributed by atoms with Crippen LogP contribution in [0.2, 0.25) is 0 Å². The third-order valence-electron chi connectivity index (χ3n) is 2.83. The fourth-order valence-corrected chi connectivity index (χ4v) is 1.90. The summed E-state index contributed by atoms with van der Waals surface area (Å²) in [7, 11) is 1.62. The van der Waals surface area contributed by atoms with E-state index in [4.69, 9.17) is 4.42 Å². The molecule has 0 atom stereocenters. The fraction of sp³-hybridized carbons (Fsp3) is 0.286. The molecule has 0 spiro atoms. The quantitative estimate of drug-likeness (QED) is 0.883. The molecule has 0 saturated heterocycles. The van der Waals surface area contributed by atoms with Crippen molar-refractivity contribution < 1.29 is 9.21 Å². The zero-order valence-electron chi connectivity index (χ0n) is 11.3. The van der Waals surface area contributed by atoms with Crippen LogP contribution in [0.15, 0.2) is 28.8 Å². The number of hydrogen-bond donors (Lipinski definition) is 2. The van der Waals surface area contributed by atoms with Crippen molar-refractivity contribution in [2.45, 2.75) is 20.4 Å². The van der Waals surface area contributed by atoms with E-state index in [9.17, 15) is 4.79 Å². The molecule has 0 bridgehead atoms. The molecule has 2 rings (SSSR count). The molecule has 0 saturated carbocycles. The van der Waals surface area contributed by atoms with E-state index in [1.165, 1.54) is 0 Å². The number of amides is 1. The second-order valence-corrected chi connectivity index (χ2v) is 4.29. The standard InChI is InChI=1S/C14H17N3O2/c1-9-5-4-6-11(13(9)14(18)15-3)16-8-12-17-7-10(2)19-12/h4-7,16H,8H2,1-3H3,(H,15,18). The van der Waals surface area contributed by atoms with Crippen LogP contribution in [0.5, 0.6) is 0 Å². The normalized spacial score (nSPS) is 10.3. The average Bonchev–Trinajstić information content (AvgIpc) is 2.81. The molecule has 0 radical (unpaired) electrons. The van der Waals surface area contributed by atoms with Crippen molar-refractivity contribution >= 4 is 11.6 Å². The van der Waals surface area contributed by atoms with Gasteiger partial charge >= 0.3 is 0 Å². The number of rotatable bonds is 4. The zero-order chi connectivity index (χ0) is 13.8. The SMILES string of the molecule is CNC(=O)c1c(C)cccc1NCc1ncc(C)o1. The van der Waals surface area contributed by atoms with E-state index in [0.29, 0.717) is 18.0 Å². The summed E-state index contributed by atoms with van der Waals surface area (Å²) in [4.78, 5) is 16.0. The monoisotopic (exact) mass is 259 g/mol. The van der Waals surface area contributed by atoms with E-state index in [1.54, 1.807) is 13.2 Å². The second kappa shape index (κ2) is 5.56. The van der Waals surface area contributed by atoms with E-state index >= 15 is 0 Å². The van der Waals surface area contributed by atoms with Crippen molar-refractivity contribution in [1.82, 2.24) is 10.3 Å². The molecule has 5 nitrogen and oxygen atoms in total. The van der Waals surface area contributed by atoms with Crippen molar-refractivity contribution in [2.24, 2.45) is 0 Å². The van der Waals surface area contributed by atoms with Crippen LogP contribution in [0.4, 0.5) is 5.69 Å². The van der Waals surface area contributed by atoms with E-state index in [-0.39, 0.29) is 5.91 Å². The largest absolute Gasteiger partial charge is 0.444 e. The molecule has 0 unspecified atom stereocenters. The molecule has 5 heteroatoms. The highest BCUT2D eigenvalue weighted by atomic mass is 16.4. The van der Waals surface area contributed by atoms with Crippen LogP contribution in [0.25, 0.3) is 0 Å². The van der Waals surface area contributed by atoms with Gasteiger partial charge < -0.3 is 15.1 Å². The minimum absolute atomic E-state index is 0.107. The molecule has 1 amide bonds. The molecule has 1 heterocycles. The molecule has 0 aliphatic heterocycles. The van der Waals surface area contributed by atoms with Gasteiger partial charge in [-0.05, 0) is 25.5 Å². The van der Waals surface area contributed by atoms with Crippen molar-refractivity contribution in [1.29, 1.82) is 0 Å². The van der Waals surface area contributed by atoms with Crippen molar-refractivity contribution in [3.8, 4) is 0 Å². The summed E-state index contributed by atoms with van der Waals surface area (Å²) in [6.07, 6.45) is 1.67. The molecule has 100 valence electrons. The summed E-state index contributed by atoms with van der Waals surface area (Å²) in [6, 6.07) is 5.68. The first-order valence-corrected chi connectivity index (χ1v) is 6.08. The number of aryl methyl sites for hydroxylation is 2. The molecule has 1 aromatic carbocycles. The molecule has 0 aliphatic rings. The van der Waals surface area contributed by atoms with Crippen LogP contribution in [0.1, 0.15) is 27.6 Å². The van der Waals surface area contributed by atoms with Crippen LogP contribution in [0, 0.1) is 13.8 Å². The van der Waals surface area contributed by atoms with Gasteiger partial charge in [0.2, 0.25) is 5.89 Å². The molecule has 1 aromatic heterocycles. The van der Waals surface area contributed by atoms with E-state index < -0.39 is 0 Å². The molecule has 0 fully saturated rings. The Kier molecular flexibility index (Phi) is 3.85. The van der Waals surface area contributed by atoms with Crippen LogP contribution in [-0.2, 0) is 6.54 Å². The lowest BCUT2D eigenvalue weighted by molar-refractivity contribution is 0.0963. The zero-order valence-corrected chi connectivity index (χ0v) is 11.3. The maximum Gasteiger partial charge on any atom is 0.253 e. The average molecular weight is 259 g/mol. The molecule has 19 heavy (non-hydrogen) atoms. The minimum Gasteiger partial charge on any atom is -0.444 e. The highest BCUT2D eigenvalue weighted by Crippen LogP contribution is 2.20. The summed E-state index contributed by atoms with van der Waals surface area (Å²) in [6.45, 7) is 4.20. The fourth-order valence-electron chi connectivity index (χ4n) is 1.90. The maximum atomic E-state index is 11.9. The number of aromatic nitrogens is 1. The molecular formula is C14H17N3O2. The van der Waals surface area contributed by atoms with Gasteiger partial charge in [0.1, 0.15) is 5.76 Å². The van der Waals surface area contributed by atoms with Gasteiger partial charge in [-0.2, -0.15) is 0 Å². The smallest absolute Gasteiger partial charge is 0.253 e. The Morgan fingerprint density at radius 2 is 2.16 bits per heavy atom. The Bertz CT molecular complexity index is 590. The lowest BCUT2D eigenvalue weighted by atomic mass is 10.1. The minimum atomic E-state index is -0.107. The predicted molar refractivity (Wildman–Crippen MR) is 73.1 cm³/mol. The van der Waals surface area contributed by atoms with Gasteiger partial charge in [-0.15, -0.1) is 0 Å². The number of carbonyl (C=O) groups excluding carboxylic acids is 1. The van der Waals surface area contributed by atoms with Gasteiger partial charge in [0.05, 0.1) is 18.3 Å². The molecular weight excluding hydrogens is 242 g/mol. The van der Waals surface area contributed by atoms with Crippen molar-refractivity contribution in [3.05, 3.63) is 47.2 Å². The number of anilines is 1. The third-order valence-corrected chi connectivity index (χ3v) is 2.83. The number of hydrogen-bond acceptors (Lipinski definition) is 4. The summed E-state index contributed by atoms with van der Waals surface area (Å²) >= 11 is 0. The Labute approximate surface area is 112 Å². The molecule has 2 N–H and O–H groups in total. The summed E-state index contributed by atoms with van der Waals surface area (Å²) in [5.74, 6) is 1.26. The van der Waals surface area contributed by atoms with Gasteiger partial charge in [0.25, 0.3) is 5.91 Å². The van der Waals surface area contributed by atoms with Crippen molar-refractivity contribution in [3.63, 3.8) is 0 Å². The van der Waals surface area contributed by atoms with Gasteiger partial charge in [-0.25, -0.2) is 4.98 Å². The lowest BCUT2D eigenvalue weighted by Crippen LogP contribution is -2.21. The van der Waals surface area contributed by atoms with Crippen molar-refractivity contribution in [2.75, 3.05) is 12.4 Å². The predicted octanol–water partition coefficient (Wildman–Crippen LogP) is 2.26. The number of benzene rings is 1. The summed E-state index contributed by atoms with van der Waals surface area (Å²) in [5.41, 5.74) is 2.34. The highest BCUT2D eigenvalue weighted by molar-refractivity contribution is 6.00. The number of nitrogens with zero attached hydrogens (tertiary/aromatic N) is 1. The third kappa shape index (κ3) is 2.93.